The summed E-state index contributed by atoms with van der Waals surface area (Å²) in [5.74, 6) is 1.62. The number of nitrogens with zero attached hydrogens (tertiary/aromatic N) is 1. The summed E-state index contributed by atoms with van der Waals surface area (Å²) in [6, 6.07) is 0.639. The topological polar surface area (TPSA) is 24.5 Å². The molecule has 4 unspecified atom stereocenters. The van der Waals surface area contributed by atoms with E-state index in [-0.39, 0.29) is 0 Å². The van der Waals surface area contributed by atoms with Crippen molar-refractivity contribution in [3.05, 3.63) is 0 Å². The first-order valence-electron chi connectivity index (χ1n) is 8.63. The van der Waals surface area contributed by atoms with Crippen LogP contribution in [0, 0.1) is 11.8 Å². The Balaban J connectivity index is 1.68. The molecule has 0 radical (unpaired) electrons. The van der Waals surface area contributed by atoms with E-state index < -0.39 is 0 Å². The van der Waals surface area contributed by atoms with Crippen molar-refractivity contribution >= 4 is 0 Å². The van der Waals surface area contributed by atoms with Crippen molar-refractivity contribution in [1.82, 2.24) is 10.2 Å². The molecule has 1 N–H and O–H groups in total. The van der Waals surface area contributed by atoms with Crippen LogP contribution in [0.5, 0.6) is 0 Å². The van der Waals surface area contributed by atoms with E-state index >= 15 is 0 Å². The molecule has 3 rings (SSSR count). The molecular formula is C17H32N2O. The van der Waals surface area contributed by atoms with Gasteiger partial charge in [0.25, 0.3) is 0 Å². The summed E-state index contributed by atoms with van der Waals surface area (Å²) < 4.78 is 6.09. The molecule has 3 heteroatoms. The van der Waals surface area contributed by atoms with Gasteiger partial charge in [0.2, 0.25) is 0 Å². The van der Waals surface area contributed by atoms with Gasteiger partial charge in [-0.15, -0.1) is 0 Å². The highest BCUT2D eigenvalue weighted by Crippen LogP contribution is 2.44. The van der Waals surface area contributed by atoms with E-state index in [1.54, 1.807) is 0 Å². The van der Waals surface area contributed by atoms with Crippen LogP contribution >= 0.6 is 0 Å². The van der Waals surface area contributed by atoms with E-state index in [1.165, 1.54) is 32.2 Å². The van der Waals surface area contributed by atoms with Crippen molar-refractivity contribution in [3.63, 3.8) is 0 Å². The van der Waals surface area contributed by atoms with Crippen LogP contribution in [0.1, 0.15) is 53.4 Å². The minimum Gasteiger partial charge on any atom is -0.374 e. The Morgan fingerprint density at radius 3 is 2.55 bits per heavy atom. The molecule has 0 amide bonds. The van der Waals surface area contributed by atoms with Crippen LogP contribution in [0.15, 0.2) is 0 Å². The van der Waals surface area contributed by atoms with Gasteiger partial charge in [0.1, 0.15) is 0 Å². The molecule has 0 aromatic heterocycles. The summed E-state index contributed by atoms with van der Waals surface area (Å²) in [6.45, 7) is 12.9. The maximum atomic E-state index is 6.09. The van der Waals surface area contributed by atoms with Crippen LogP contribution in [-0.2, 0) is 4.74 Å². The lowest BCUT2D eigenvalue weighted by Crippen LogP contribution is -2.66. The Morgan fingerprint density at radius 1 is 1.25 bits per heavy atom. The number of nitrogens with one attached hydrogen (secondary N) is 1. The van der Waals surface area contributed by atoms with E-state index in [2.05, 4.69) is 37.9 Å². The third kappa shape index (κ3) is 2.90. The fourth-order valence-electron chi connectivity index (χ4n) is 4.06. The molecule has 3 aliphatic rings. The predicted molar refractivity (Wildman–Crippen MR) is 82.9 cm³/mol. The van der Waals surface area contributed by atoms with Gasteiger partial charge in [0, 0.05) is 31.2 Å². The first-order valence-corrected chi connectivity index (χ1v) is 8.63. The fourth-order valence-corrected chi connectivity index (χ4v) is 4.06. The van der Waals surface area contributed by atoms with E-state index in [4.69, 9.17) is 4.74 Å². The molecule has 2 heterocycles. The molecule has 1 aliphatic carbocycles. The fraction of sp³-hybridized carbons (Fsp3) is 1.00. The largest absolute Gasteiger partial charge is 0.374 e. The van der Waals surface area contributed by atoms with Crippen molar-refractivity contribution in [1.29, 1.82) is 0 Å². The van der Waals surface area contributed by atoms with Crippen molar-refractivity contribution < 1.29 is 4.74 Å². The molecule has 20 heavy (non-hydrogen) atoms. The lowest BCUT2D eigenvalue weighted by Gasteiger charge is -2.50. The van der Waals surface area contributed by atoms with Gasteiger partial charge in [-0.2, -0.15) is 0 Å². The summed E-state index contributed by atoms with van der Waals surface area (Å²) in [4.78, 5) is 2.77. The lowest BCUT2D eigenvalue weighted by atomic mass is 9.87. The van der Waals surface area contributed by atoms with Crippen LogP contribution in [0.2, 0.25) is 0 Å². The van der Waals surface area contributed by atoms with Gasteiger partial charge < -0.3 is 10.1 Å². The smallest absolute Gasteiger partial charge is 0.0706 e. The zero-order chi connectivity index (χ0) is 14.3. The number of rotatable bonds is 4. The second-order valence-electron chi connectivity index (χ2n) is 7.91. The molecule has 0 aromatic carbocycles. The third-order valence-corrected chi connectivity index (χ3v) is 5.87. The van der Waals surface area contributed by atoms with Crippen LogP contribution in [0.4, 0.5) is 0 Å². The highest BCUT2D eigenvalue weighted by molar-refractivity contribution is 5.05. The Morgan fingerprint density at radius 2 is 2.00 bits per heavy atom. The van der Waals surface area contributed by atoms with Gasteiger partial charge in [-0.05, 0) is 51.4 Å². The molecule has 0 aromatic rings. The molecule has 0 bridgehead atoms. The molecule has 2 saturated heterocycles. The quantitative estimate of drug-likeness (QED) is 0.857. The summed E-state index contributed by atoms with van der Waals surface area (Å²) in [7, 11) is 0. The monoisotopic (exact) mass is 280 g/mol. The second-order valence-corrected chi connectivity index (χ2v) is 7.91. The van der Waals surface area contributed by atoms with E-state index in [1.807, 2.05) is 0 Å². The van der Waals surface area contributed by atoms with Crippen molar-refractivity contribution in [3.8, 4) is 0 Å². The minimum atomic E-state index is 0.362. The molecular weight excluding hydrogens is 248 g/mol. The summed E-state index contributed by atoms with van der Waals surface area (Å²) in [5.41, 5.74) is 0.362. The number of hydrogen-bond donors (Lipinski definition) is 1. The average molecular weight is 280 g/mol. The Labute approximate surface area is 124 Å². The Kier molecular flexibility index (Phi) is 4.13. The minimum absolute atomic E-state index is 0.362. The van der Waals surface area contributed by atoms with Crippen molar-refractivity contribution in [2.24, 2.45) is 11.8 Å². The summed E-state index contributed by atoms with van der Waals surface area (Å²) in [6.07, 6.45) is 6.26. The third-order valence-electron chi connectivity index (χ3n) is 5.87. The normalized spacial score (nSPS) is 43.4. The van der Waals surface area contributed by atoms with Crippen molar-refractivity contribution in [2.75, 3.05) is 19.6 Å². The summed E-state index contributed by atoms with van der Waals surface area (Å²) in [5, 5.41) is 3.81. The van der Waals surface area contributed by atoms with Crippen LogP contribution < -0.4 is 5.32 Å². The first kappa shape index (κ1) is 14.8. The Bertz CT molecular complexity index is 342. The molecule has 2 aliphatic heterocycles. The van der Waals surface area contributed by atoms with Crippen LogP contribution in [-0.4, -0.2) is 48.3 Å². The second kappa shape index (κ2) is 5.58. The maximum Gasteiger partial charge on any atom is 0.0706 e. The van der Waals surface area contributed by atoms with Crippen LogP contribution in [0.3, 0.4) is 0 Å². The van der Waals surface area contributed by atoms with E-state index in [9.17, 15) is 0 Å². The average Bonchev–Trinajstić information content (AvgIpc) is 3.17. The number of hydrogen-bond acceptors (Lipinski definition) is 3. The van der Waals surface area contributed by atoms with Gasteiger partial charge in [-0.25, -0.2) is 0 Å². The standard InChI is InChI=1S/C17H32N2O/c1-12(2)16-10-19(9-15-8-5-13(3)20-15)17(4,11-18-16)14-6-7-14/h12-16,18H,5-11H2,1-4H3. The molecule has 4 atom stereocenters. The Hall–Kier alpha value is -0.120. The molecule has 0 spiro atoms. The van der Waals surface area contributed by atoms with Gasteiger partial charge >= 0.3 is 0 Å². The van der Waals surface area contributed by atoms with E-state index in [0.717, 1.165) is 19.0 Å². The van der Waals surface area contributed by atoms with Gasteiger partial charge in [-0.3, -0.25) is 4.90 Å². The first-order chi connectivity index (χ1) is 9.49. The maximum absolute atomic E-state index is 6.09. The highest BCUT2D eigenvalue weighted by Gasteiger charge is 2.49. The zero-order valence-electron chi connectivity index (χ0n) is 13.7. The van der Waals surface area contributed by atoms with Crippen LogP contribution in [0.25, 0.3) is 0 Å². The summed E-state index contributed by atoms with van der Waals surface area (Å²) >= 11 is 0. The van der Waals surface area contributed by atoms with Crippen molar-refractivity contribution in [2.45, 2.75) is 77.2 Å². The number of piperazine rings is 1. The van der Waals surface area contributed by atoms with Gasteiger partial charge in [-0.1, -0.05) is 13.8 Å². The van der Waals surface area contributed by atoms with Gasteiger partial charge in [0.15, 0.2) is 0 Å². The molecule has 1 saturated carbocycles. The lowest BCUT2D eigenvalue weighted by molar-refractivity contribution is -0.0294. The zero-order valence-corrected chi connectivity index (χ0v) is 13.7. The predicted octanol–water partition coefficient (Wildman–Crippen LogP) is 2.65. The van der Waals surface area contributed by atoms with E-state index in [0.29, 0.717) is 29.7 Å². The number of ether oxygens (including phenoxy) is 1. The van der Waals surface area contributed by atoms with Gasteiger partial charge in [0.05, 0.1) is 12.2 Å². The molecule has 3 nitrogen and oxygen atoms in total. The molecule has 3 fully saturated rings. The SMILES string of the molecule is CC1CCC(CN2CC(C(C)C)NCC2(C)C2CC2)O1. The highest BCUT2D eigenvalue weighted by atomic mass is 16.5. The molecule has 116 valence electrons.